The highest BCUT2D eigenvalue weighted by atomic mass is 16.4. The van der Waals surface area contributed by atoms with E-state index in [1.807, 2.05) is 30.3 Å². The summed E-state index contributed by atoms with van der Waals surface area (Å²) in [7, 11) is 0. The molecule has 15 heavy (non-hydrogen) atoms. The standard InChI is InChI=1S/C12H15NO2/c1-2-6-11(12(14)15)13-9-10-7-4-3-5-8-10/h2-8,11,13H,9H2,1H3,(H,14,15)/b6-2-. The minimum atomic E-state index is -0.857. The lowest BCUT2D eigenvalue weighted by Gasteiger charge is -2.09. The van der Waals surface area contributed by atoms with Gasteiger partial charge in [-0.25, -0.2) is 0 Å². The Balaban J connectivity index is 2.51. The van der Waals surface area contributed by atoms with Gasteiger partial charge in [-0.3, -0.25) is 10.1 Å². The zero-order valence-electron chi connectivity index (χ0n) is 8.68. The van der Waals surface area contributed by atoms with Crippen LogP contribution in [0.15, 0.2) is 42.5 Å². The van der Waals surface area contributed by atoms with E-state index in [1.54, 1.807) is 19.1 Å². The molecule has 0 amide bonds. The summed E-state index contributed by atoms with van der Waals surface area (Å²) in [6.45, 7) is 2.36. The normalized spacial score (nSPS) is 12.9. The van der Waals surface area contributed by atoms with Gasteiger partial charge < -0.3 is 5.11 Å². The SMILES string of the molecule is C/C=C\C(NCc1ccccc1)C(=O)O. The molecule has 2 N–H and O–H groups in total. The van der Waals surface area contributed by atoms with Crippen LogP contribution in [0.2, 0.25) is 0 Å². The van der Waals surface area contributed by atoms with Crippen molar-refractivity contribution in [3.05, 3.63) is 48.0 Å². The Bertz CT molecular complexity index is 333. The van der Waals surface area contributed by atoms with Gasteiger partial charge in [0, 0.05) is 6.54 Å². The van der Waals surface area contributed by atoms with Gasteiger partial charge >= 0.3 is 5.97 Å². The third-order valence-corrected chi connectivity index (χ3v) is 2.02. The Hall–Kier alpha value is -1.61. The Morgan fingerprint density at radius 1 is 1.47 bits per heavy atom. The number of hydrogen-bond donors (Lipinski definition) is 2. The van der Waals surface area contributed by atoms with E-state index in [-0.39, 0.29) is 0 Å². The largest absolute Gasteiger partial charge is 0.480 e. The minimum Gasteiger partial charge on any atom is -0.480 e. The molecule has 1 unspecified atom stereocenters. The molecule has 3 heteroatoms. The maximum Gasteiger partial charge on any atom is 0.324 e. The first-order valence-corrected chi connectivity index (χ1v) is 4.87. The van der Waals surface area contributed by atoms with Crippen LogP contribution in [-0.4, -0.2) is 17.1 Å². The molecule has 1 rings (SSSR count). The average Bonchev–Trinajstić information content (AvgIpc) is 2.25. The second kappa shape index (κ2) is 5.98. The van der Waals surface area contributed by atoms with E-state index >= 15 is 0 Å². The molecule has 0 radical (unpaired) electrons. The van der Waals surface area contributed by atoms with Crippen LogP contribution in [0, 0.1) is 0 Å². The van der Waals surface area contributed by atoms with Crippen molar-refractivity contribution in [1.29, 1.82) is 0 Å². The molecular formula is C12H15NO2. The highest BCUT2D eigenvalue weighted by Gasteiger charge is 2.11. The van der Waals surface area contributed by atoms with E-state index in [2.05, 4.69) is 5.32 Å². The summed E-state index contributed by atoms with van der Waals surface area (Å²) in [5.41, 5.74) is 1.08. The maximum absolute atomic E-state index is 10.8. The van der Waals surface area contributed by atoms with Crippen molar-refractivity contribution in [3.63, 3.8) is 0 Å². The highest BCUT2D eigenvalue weighted by molar-refractivity contribution is 5.75. The summed E-state index contributed by atoms with van der Waals surface area (Å²) in [4.78, 5) is 10.8. The Morgan fingerprint density at radius 3 is 2.67 bits per heavy atom. The molecular weight excluding hydrogens is 190 g/mol. The molecule has 0 aliphatic carbocycles. The quantitative estimate of drug-likeness (QED) is 0.721. The summed E-state index contributed by atoms with van der Waals surface area (Å²) in [5.74, 6) is -0.857. The fourth-order valence-corrected chi connectivity index (χ4v) is 1.25. The van der Waals surface area contributed by atoms with Crippen molar-refractivity contribution in [1.82, 2.24) is 5.32 Å². The van der Waals surface area contributed by atoms with Gasteiger partial charge in [0.2, 0.25) is 0 Å². The van der Waals surface area contributed by atoms with E-state index in [1.165, 1.54) is 0 Å². The molecule has 0 spiro atoms. The second-order valence-corrected chi connectivity index (χ2v) is 3.21. The molecule has 1 atom stereocenters. The van der Waals surface area contributed by atoms with Crippen molar-refractivity contribution in [2.24, 2.45) is 0 Å². The Morgan fingerprint density at radius 2 is 2.13 bits per heavy atom. The second-order valence-electron chi connectivity index (χ2n) is 3.21. The zero-order chi connectivity index (χ0) is 11.1. The van der Waals surface area contributed by atoms with Crippen LogP contribution in [0.5, 0.6) is 0 Å². The smallest absolute Gasteiger partial charge is 0.324 e. The predicted molar refractivity (Wildman–Crippen MR) is 59.5 cm³/mol. The van der Waals surface area contributed by atoms with Crippen molar-refractivity contribution in [3.8, 4) is 0 Å². The van der Waals surface area contributed by atoms with E-state index in [4.69, 9.17) is 5.11 Å². The van der Waals surface area contributed by atoms with E-state index < -0.39 is 12.0 Å². The molecule has 0 aromatic heterocycles. The number of benzene rings is 1. The van der Waals surface area contributed by atoms with Crippen LogP contribution < -0.4 is 5.32 Å². The Kier molecular flexibility index (Phi) is 4.57. The first-order valence-electron chi connectivity index (χ1n) is 4.87. The van der Waals surface area contributed by atoms with Gasteiger partial charge in [0.15, 0.2) is 0 Å². The van der Waals surface area contributed by atoms with Crippen molar-refractivity contribution >= 4 is 5.97 Å². The molecule has 1 aromatic carbocycles. The average molecular weight is 205 g/mol. The third kappa shape index (κ3) is 3.95. The van der Waals surface area contributed by atoms with Crippen molar-refractivity contribution < 1.29 is 9.90 Å². The van der Waals surface area contributed by atoms with Crippen molar-refractivity contribution in [2.45, 2.75) is 19.5 Å². The van der Waals surface area contributed by atoms with Crippen LogP contribution in [0.1, 0.15) is 12.5 Å². The summed E-state index contributed by atoms with van der Waals surface area (Å²) < 4.78 is 0. The number of hydrogen-bond acceptors (Lipinski definition) is 2. The minimum absolute atomic E-state index is 0.558. The van der Waals surface area contributed by atoms with Crippen LogP contribution >= 0.6 is 0 Å². The zero-order valence-corrected chi connectivity index (χ0v) is 8.68. The number of aliphatic carboxylic acids is 1. The van der Waals surface area contributed by atoms with E-state index in [9.17, 15) is 4.79 Å². The van der Waals surface area contributed by atoms with E-state index in [0.29, 0.717) is 6.54 Å². The summed E-state index contributed by atoms with van der Waals surface area (Å²) in [5, 5.41) is 11.8. The third-order valence-electron chi connectivity index (χ3n) is 2.02. The molecule has 0 aliphatic heterocycles. The molecule has 0 heterocycles. The van der Waals surface area contributed by atoms with Crippen LogP contribution in [0.25, 0.3) is 0 Å². The molecule has 0 aliphatic rings. The number of allylic oxidation sites excluding steroid dienone is 1. The van der Waals surface area contributed by atoms with Crippen molar-refractivity contribution in [2.75, 3.05) is 0 Å². The molecule has 80 valence electrons. The van der Waals surface area contributed by atoms with Crippen LogP contribution in [-0.2, 0) is 11.3 Å². The molecule has 0 bridgehead atoms. The van der Waals surface area contributed by atoms with E-state index in [0.717, 1.165) is 5.56 Å². The molecule has 0 saturated carbocycles. The summed E-state index contributed by atoms with van der Waals surface area (Å²) >= 11 is 0. The lowest BCUT2D eigenvalue weighted by atomic mass is 10.2. The van der Waals surface area contributed by atoms with Gasteiger partial charge in [-0.2, -0.15) is 0 Å². The lowest BCUT2D eigenvalue weighted by molar-refractivity contribution is -0.138. The molecule has 0 saturated heterocycles. The van der Waals surface area contributed by atoms with Gasteiger partial charge in [-0.1, -0.05) is 42.5 Å². The van der Waals surface area contributed by atoms with Gasteiger partial charge in [-0.05, 0) is 12.5 Å². The number of nitrogens with one attached hydrogen (secondary N) is 1. The topological polar surface area (TPSA) is 49.3 Å². The first-order chi connectivity index (χ1) is 7.24. The fourth-order valence-electron chi connectivity index (χ4n) is 1.25. The van der Waals surface area contributed by atoms with Gasteiger partial charge in [0.25, 0.3) is 0 Å². The molecule has 0 fully saturated rings. The maximum atomic E-state index is 10.8. The number of carboxylic acids is 1. The number of carboxylic acid groups (broad SMARTS) is 1. The predicted octanol–water partition coefficient (Wildman–Crippen LogP) is 1.81. The van der Waals surface area contributed by atoms with Crippen LogP contribution in [0.3, 0.4) is 0 Å². The Labute approximate surface area is 89.4 Å². The fraction of sp³-hybridized carbons (Fsp3) is 0.250. The lowest BCUT2D eigenvalue weighted by Crippen LogP contribution is -2.34. The summed E-state index contributed by atoms with van der Waals surface area (Å²) in [6.07, 6.45) is 3.36. The van der Waals surface area contributed by atoms with Gasteiger partial charge in [-0.15, -0.1) is 0 Å². The van der Waals surface area contributed by atoms with Gasteiger partial charge in [0.05, 0.1) is 0 Å². The number of carbonyl (C=O) groups is 1. The highest BCUT2D eigenvalue weighted by Crippen LogP contribution is 1.99. The number of rotatable bonds is 5. The molecule has 3 nitrogen and oxygen atoms in total. The molecule has 1 aromatic rings. The van der Waals surface area contributed by atoms with Crippen LogP contribution in [0.4, 0.5) is 0 Å². The first kappa shape index (κ1) is 11.5. The monoisotopic (exact) mass is 205 g/mol. The summed E-state index contributed by atoms with van der Waals surface area (Å²) in [6, 6.07) is 9.10. The van der Waals surface area contributed by atoms with Gasteiger partial charge in [0.1, 0.15) is 6.04 Å².